The lowest BCUT2D eigenvalue weighted by molar-refractivity contribution is 0.475. The molecule has 2 rings (SSSR count). The van der Waals surface area contributed by atoms with Crippen LogP contribution in [0.15, 0.2) is 36.4 Å². The summed E-state index contributed by atoms with van der Waals surface area (Å²) in [4.78, 5) is 0. The van der Waals surface area contributed by atoms with Crippen LogP contribution in [0, 0.1) is 0 Å². The monoisotopic (exact) mass is 266 g/mol. The van der Waals surface area contributed by atoms with Gasteiger partial charge >= 0.3 is 0 Å². The first kappa shape index (κ1) is 12.3. The molecule has 0 saturated carbocycles. The van der Waals surface area contributed by atoms with Gasteiger partial charge in [0.2, 0.25) is 0 Å². The molecular formula is C14H12Cl2O. The summed E-state index contributed by atoms with van der Waals surface area (Å²) >= 11 is 12.0. The van der Waals surface area contributed by atoms with Crippen molar-refractivity contribution in [1.82, 2.24) is 0 Å². The maximum absolute atomic E-state index is 9.44. The number of halogens is 2. The van der Waals surface area contributed by atoms with Gasteiger partial charge in [0.1, 0.15) is 5.75 Å². The summed E-state index contributed by atoms with van der Waals surface area (Å²) in [7, 11) is 0. The maximum atomic E-state index is 9.44. The highest BCUT2D eigenvalue weighted by molar-refractivity contribution is 6.36. The smallest absolute Gasteiger partial charge is 0.135 e. The van der Waals surface area contributed by atoms with Crippen LogP contribution in [0.5, 0.6) is 5.75 Å². The summed E-state index contributed by atoms with van der Waals surface area (Å²) in [5.41, 5.74) is 3.10. The molecule has 0 unspecified atom stereocenters. The van der Waals surface area contributed by atoms with Crippen molar-refractivity contribution >= 4 is 23.2 Å². The number of aryl methyl sites for hydroxylation is 1. The number of rotatable bonds is 2. The lowest BCUT2D eigenvalue weighted by atomic mass is 10.0. The Balaban J connectivity index is 2.48. The Hall–Kier alpha value is -1.18. The third kappa shape index (κ3) is 2.56. The molecule has 2 aromatic carbocycles. The first-order chi connectivity index (χ1) is 8.11. The zero-order valence-electron chi connectivity index (χ0n) is 9.37. The first-order valence-corrected chi connectivity index (χ1v) is 6.14. The van der Waals surface area contributed by atoms with Crippen LogP contribution in [0.25, 0.3) is 11.1 Å². The van der Waals surface area contributed by atoms with Crippen molar-refractivity contribution < 1.29 is 5.11 Å². The van der Waals surface area contributed by atoms with E-state index in [4.69, 9.17) is 23.2 Å². The SMILES string of the molecule is CCc1ccc(-c2cc(Cl)c(O)cc2Cl)cc1. The Morgan fingerprint density at radius 2 is 1.65 bits per heavy atom. The van der Waals surface area contributed by atoms with Gasteiger partial charge in [-0.1, -0.05) is 54.4 Å². The normalized spacial score (nSPS) is 10.5. The number of hydrogen-bond acceptors (Lipinski definition) is 1. The van der Waals surface area contributed by atoms with Gasteiger partial charge in [0.15, 0.2) is 0 Å². The van der Waals surface area contributed by atoms with Crippen molar-refractivity contribution in [3.05, 3.63) is 52.0 Å². The first-order valence-electron chi connectivity index (χ1n) is 5.39. The van der Waals surface area contributed by atoms with Crippen molar-refractivity contribution in [2.45, 2.75) is 13.3 Å². The molecule has 1 nitrogen and oxygen atoms in total. The Labute approximate surface area is 111 Å². The van der Waals surface area contributed by atoms with Gasteiger partial charge < -0.3 is 5.11 Å². The molecule has 0 spiro atoms. The van der Waals surface area contributed by atoms with Gasteiger partial charge in [-0.15, -0.1) is 0 Å². The van der Waals surface area contributed by atoms with Gasteiger partial charge in [-0.25, -0.2) is 0 Å². The molecule has 1 N–H and O–H groups in total. The standard InChI is InChI=1S/C14H12Cl2O/c1-2-9-3-5-10(6-4-9)11-7-13(16)14(17)8-12(11)15/h3-8,17H,2H2,1H3. The molecule has 0 aromatic heterocycles. The predicted octanol–water partition coefficient (Wildman–Crippen LogP) is 4.93. The number of hydrogen-bond donors (Lipinski definition) is 1. The van der Waals surface area contributed by atoms with E-state index in [0.29, 0.717) is 10.0 Å². The summed E-state index contributed by atoms with van der Waals surface area (Å²) < 4.78 is 0. The molecule has 0 saturated heterocycles. The van der Waals surface area contributed by atoms with E-state index in [-0.39, 0.29) is 5.75 Å². The summed E-state index contributed by atoms with van der Waals surface area (Å²) in [5.74, 6) is 0.00518. The zero-order valence-corrected chi connectivity index (χ0v) is 10.9. The lowest BCUT2D eigenvalue weighted by Gasteiger charge is -2.07. The van der Waals surface area contributed by atoms with Crippen LogP contribution in [0.1, 0.15) is 12.5 Å². The van der Waals surface area contributed by atoms with Crippen LogP contribution in [0.3, 0.4) is 0 Å². The van der Waals surface area contributed by atoms with Gasteiger partial charge in [-0.2, -0.15) is 0 Å². The molecule has 0 amide bonds. The highest BCUT2D eigenvalue weighted by Crippen LogP contribution is 2.36. The fraction of sp³-hybridized carbons (Fsp3) is 0.143. The molecule has 0 aliphatic carbocycles. The number of phenolic OH excluding ortho intramolecular Hbond substituents is 1. The van der Waals surface area contributed by atoms with Crippen LogP contribution in [0.2, 0.25) is 10.0 Å². The molecule has 0 fully saturated rings. The second-order valence-electron chi connectivity index (χ2n) is 3.83. The van der Waals surface area contributed by atoms with Crippen molar-refractivity contribution in [1.29, 1.82) is 0 Å². The summed E-state index contributed by atoms with van der Waals surface area (Å²) in [6.07, 6.45) is 1.00. The molecular weight excluding hydrogens is 255 g/mol. The van der Waals surface area contributed by atoms with E-state index < -0.39 is 0 Å². The molecule has 0 atom stereocenters. The zero-order chi connectivity index (χ0) is 12.4. The number of phenols is 1. The average molecular weight is 267 g/mol. The van der Waals surface area contributed by atoms with E-state index in [9.17, 15) is 5.11 Å². The van der Waals surface area contributed by atoms with Crippen molar-refractivity contribution in [3.63, 3.8) is 0 Å². The van der Waals surface area contributed by atoms with Gasteiger partial charge in [-0.05, 0) is 23.6 Å². The van der Waals surface area contributed by atoms with E-state index >= 15 is 0 Å². The van der Waals surface area contributed by atoms with E-state index in [1.54, 1.807) is 6.07 Å². The van der Waals surface area contributed by atoms with E-state index in [1.165, 1.54) is 11.6 Å². The highest BCUT2D eigenvalue weighted by Gasteiger charge is 2.08. The molecule has 0 heterocycles. The minimum Gasteiger partial charge on any atom is -0.506 e. The Kier molecular flexibility index (Phi) is 3.60. The van der Waals surface area contributed by atoms with Gasteiger partial charge in [-0.3, -0.25) is 0 Å². The molecule has 2 aromatic rings. The average Bonchev–Trinajstić information content (AvgIpc) is 2.34. The fourth-order valence-electron chi connectivity index (χ4n) is 1.68. The summed E-state index contributed by atoms with van der Waals surface area (Å²) in [6.45, 7) is 2.11. The lowest BCUT2D eigenvalue weighted by Crippen LogP contribution is -1.83. The fourth-order valence-corrected chi connectivity index (χ4v) is 2.11. The Morgan fingerprint density at radius 3 is 2.24 bits per heavy atom. The van der Waals surface area contributed by atoms with Gasteiger partial charge in [0, 0.05) is 11.6 Å². The molecule has 0 radical (unpaired) electrons. The van der Waals surface area contributed by atoms with Gasteiger partial charge in [0.05, 0.1) is 10.0 Å². The highest BCUT2D eigenvalue weighted by atomic mass is 35.5. The van der Waals surface area contributed by atoms with Crippen LogP contribution in [0.4, 0.5) is 0 Å². The quantitative estimate of drug-likeness (QED) is 0.818. The number of benzene rings is 2. The maximum Gasteiger partial charge on any atom is 0.135 e. The predicted molar refractivity (Wildman–Crippen MR) is 72.9 cm³/mol. The summed E-state index contributed by atoms with van der Waals surface area (Å²) in [5, 5.41) is 10.2. The molecule has 3 heteroatoms. The largest absolute Gasteiger partial charge is 0.506 e. The third-order valence-electron chi connectivity index (χ3n) is 2.71. The van der Waals surface area contributed by atoms with Gasteiger partial charge in [0.25, 0.3) is 0 Å². The molecule has 88 valence electrons. The molecule has 0 aliphatic rings. The van der Waals surface area contributed by atoms with Crippen LogP contribution in [-0.2, 0) is 6.42 Å². The number of aromatic hydroxyl groups is 1. The van der Waals surface area contributed by atoms with Crippen LogP contribution in [-0.4, -0.2) is 5.11 Å². The van der Waals surface area contributed by atoms with E-state index in [2.05, 4.69) is 19.1 Å². The minimum atomic E-state index is 0.00518. The van der Waals surface area contributed by atoms with Crippen LogP contribution < -0.4 is 0 Å². The van der Waals surface area contributed by atoms with E-state index in [0.717, 1.165) is 17.5 Å². The van der Waals surface area contributed by atoms with Crippen LogP contribution >= 0.6 is 23.2 Å². The Bertz CT molecular complexity index is 533. The topological polar surface area (TPSA) is 20.2 Å². The second-order valence-corrected chi connectivity index (χ2v) is 4.65. The van der Waals surface area contributed by atoms with Crippen molar-refractivity contribution in [2.75, 3.05) is 0 Å². The van der Waals surface area contributed by atoms with Crippen molar-refractivity contribution in [2.24, 2.45) is 0 Å². The molecule has 0 aliphatic heterocycles. The second kappa shape index (κ2) is 4.99. The van der Waals surface area contributed by atoms with Crippen molar-refractivity contribution in [3.8, 4) is 16.9 Å². The minimum absolute atomic E-state index is 0.00518. The summed E-state index contributed by atoms with van der Waals surface area (Å²) in [6, 6.07) is 11.3. The molecule has 0 bridgehead atoms. The Morgan fingerprint density at radius 1 is 1.00 bits per heavy atom. The van der Waals surface area contributed by atoms with E-state index in [1.807, 2.05) is 12.1 Å². The molecule has 17 heavy (non-hydrogen) atoms. The third-order valence-corrected chi connectivity index (χ3v) is 3.33.